The summed E-state index contributed by atoms with van der Waals surface area (Å²) in [6, 6.07) is 11.9. The van der Waals surface area contributed by atoms with Crippen molar-refractivity contribution in [2.45, 2.75) is 26.7 Å². The summed E-state index contributed by atoms with van der Waals surface area (Å²) in [5.41, 5.74) is 9.16. The molecule has 0 spiro atoms. The number of hydrogen-bond acceptors (Lipinski definition) is 4. The Morgan fingerprint density at radius 1 is 1.23 bits per heavy atom. The van der Waals surface area contributed by atoms with Crippen molar-refractivity contribution >= 4 is 28.3 Å². The van der Waals surface area contributed by atoms with Crippen LogP contribution in [0.1, 0.15) is 25.3 Å². The monoisotopic (exact) mass is 346 g/mol. The van der Waals surface area contributed by atoms with E-state index in [1.807, 2.05) is 30.3 Å². The Morgan fingerprint density at radius 2 is 2.04 bits per heavy atom. The van der Waals surface area contributed by atoms with Crippen LogP contribution in [0.4, 0.5) is 11.6 Å². The summed E-state index contributed by atoms with van der Waals surface area (Å²) in [4.78, 5) is 21.2. The molecule has 1 aliphatic rings. The molecular weight excluding hydrogens is 324 g/mol. The van der Waals surface area contributed by atoms with Gasteiger partial charge in [0.25, 0.3) is 0 Å². The maximum Gasteiger partial charge on any atom is 0.228 e. The molecule has 26 heavy (non-hydrogen) atoms. The Bertz CT molecular complexity index is 998. The highest BCUT2D eigenvalue weighted by Crippen LogP contribution is 2.34. The van der Waals surface area contributed by atoms with Gasteiger partial charge in [0.1, 0.15) is 11.6 Å². The van der Waals surface area contributed by atoms with Gasteiger partial charge < -0.3 is 11.1 Å². The minimum atomic E-state index is 0.0526. The number of benzene rings is 1. The molecule has 2 atom stereocenters. The van der Waals surface area contributed by atoms with Crippen LogP contribution in [0.15, 0.2) is 42.6 Å². The number of pyridine rings is 2. The van der Waals surface area contributed by atoms with Crippen molar-refractivity contribution in [1.29, 1.82) is 0 Å². The van der Waals surface area contributed by atoms with Gasteiger partial charge in [-0.2, -0.15) is 0 Å². The zero-order valence-corrected chi connectivity index (χ0v) is 15.0. The number of nitrogens with zero attached hydrogens (tertiary/aromatic N) is 2. The van der Waals surface area contributed by atoms with Crippen molar-refractivity contribution in [2.24, 2.45) is 11.8 Å². The van der Waals surface area contributed by atoms with Crippen molar-refractivity contribution in [2.75, 3.05) is 11.1 Å². The lowest BCUT2D eigenvalue weighted by atomic mass is 9.74. The number of aryl methyl sites for hydroxylation is 1. The van der Waals surface area contributed by atoms with Crippen LogP contribution in [0.25, 0.3) is 22.0 Å². The van der Waals surface area contributed by atoms with E-state index in [9.17, 15) is 4.79 Å². The van der Waals surface area contributed by atoms with E-state index in [0.717, 1.165) is 40.4 Å². The number of aromatic nitrogens is 2. The summed E-state index contributed by atoms with van der Waals surface area (Å²) < 4.78 is 0. The number of hydrogen-bond donors (Lipinski definition) is 2. The molecule has 1 saturated carbocycles. The lowest BCUT2D eigenvalue weighted by molar-refractivity contribution is -0.124. The van der Waals surface area contributed by atoms with Gasteiger partial charge in [-0.15, -0.1) is 0 Å². The minimum Gasteiger partial charge on any atom is -0.383 e. The minimum absolute atomic E-state index is 0.0526. The zero-order valence-electron chi connectivity index (χ0n) is 15.0. The van der Waals surface area contributed by atoms with Crippen molar-refractivity contribution in [1.82, 2.24) is 9.97 Å². The highest BCUT2D eigenvalue weighted by molar-refractivity contribution is 5.98. The normalized spacial score (nSPS) is 19.2. The molecule has 5 heteroatoms. The Balaban J connectivity index is 1.70. The second-order valence-corrected chi connectivity index (χ2v) is 7.15. The Labute approximate surface area is 152 Å². The molecule has 1 fully saturated rings. The molecule has 4 rings (SSSR count). The molecule has 1 amide bonds. The fourth-order valence-electron chi connectivity index (χ4n) is 3.52. The summed E-state index contributed by atoms with van der Waals surface area (Å²) >= 11 is 0. The number of amides is 1. The third-order valence-corrected chi connectivity index (χ3v) is 5.37. The summed E-state index contributed by atoms with van der Waals surface area (Å²) in [7, 11) is 0. The lowest BCUT2D eigenvalue weighted by Crippen LogP contribution is -2.35. The van der Waals surface area contributed by atoms with Crippen LogP contribution in [0, 0.1) is 18.8 Å². The number of nitrogens with one attached hydrogen (secondary N) is 1. The fraction of sp³-hybridized carbons (Fsp3) is 0.286. The average molecular weight is 346 g/mol. The topological polar surface area (TPSA) is 80.9 Å². The fourth-order valence-corrected chi connectivity index (χ4v) is 3.52. The summed E-state index contributed by atoms with van der Waals surface area (Å²) in [6.45, 7) is 4.16. The molecule has 0 bridgehead atoms. The predicted octanol–water partition coefficient (Wildman–Crippen LogP) is 4.17. The number of carbonyl (C=O) groups excluding carboxylic acids is 1. The van der Waals surface area contributed by atoms with Crippen molar-refractivity contribution in [3.8, 4) is 11.3 Å². The maximum atomic E-state index is 12.4. The van der Waals surface area contributed by atoms with E-state index in [2.05, 4.69) is 35.2 Å². The zero-order chi connectivity index (χ0) is 18.3. The molecule has 3 N–H and O–H groups in total. The molecule has 1 aromatic carbocycles. The summed E-state index contributed by atoms with van der Waals surface area (Å²) in [6.07, 6.45) is 3.75. The third-order valence-electron chi connectivity index (χ3n) is 5.37. The van der Waals surface area contributed by atoms with E-state index in [-0.39, 0.29) is 11.8 Å². The Hall–Kier alpha value is -2.95. The molecule has 3 aromatic rings. The van der Waals surface area contributed by atoms with Gasteiger partial charge in [-0.05, 0) is 48.8 Å². The van der Waals surface area contributed by atoms with Crippen molar-refractivity contribution in [3.63, 3.8) is 0 Å². The first-order valence-corrected chi connectivity index (χ1v) is 8.96. The van der Waals surface area contributed by atoms with E-state index >= 15 is 0 Å². The van der Waals surface area contributed by atoms with Gasteiger partial charge in [-0.25, -0.2) is 9.97 Å². The quantitative estimate of drug-likeness (QED) is 0.746. The highest BCUT2D eigenvalue weighted by Gasteiger charge is 2.33. The predicted molar refractivity (Wildman–Crippen MR) is 105 cm³/mol. The average Bonchev–Trinajstić information content (AvgIpc) is 2.60. The molecule has 0 aliphatic heterocycles. The number of carbonyl (C=O) groups is 1. The first-order valence-electron chi connectivity index (χ1n) is 8.96. The van der Waals surface area contributed by atoms with E-state index in [0.29, 0.717) is 17.6 Å². The highest BCUT2D eigenvalue weighted by atomic mass is 16.2. The van der Waals surface area contributed by atoms with Crippen LogP contribution >= 0.6 is 0 Å². The lowest BCUT2D eigenvalue weighted by Gasteiger charge is -2.32. The van der Waals surface area contributed by atoms with Crippen molar-refractivity contribution in [3.05, 3.63) is 48.2 Å². The van der Waals surface area contributed by atoms with Gasteiger partial charge >= 0.3 is 0 Å². The van der Waals surface area contributed by atoms with Crippen LogP contribution in [0.2, 0.25) is 0 Å². The second kappa shape index (κ2) is 6.41. The molecule has 132 valence electrons. The van der Waals surface area contributed by atoms with E-state index < -0.39 is 0 Å². The largest absolute Gasteiger partial charge is 0.383 e. The molecule has 0 unspecified atom stereocenters. The molecule has 0 saturated heterocycles. The van der Waals surface area contributed by atoms with Crippen LogP contribution in [0.3, 0.4) is 0 Å². The third kappa shape index (κ3) is 2.90. The first-order chi connectivity index (χ1) is 12.5. The smallest absolute Gasteiger partial charge is 0.228 e. The Morgan fingerprint density at radius 3 is 2.73 bits per heavy atom. The van der Waals surface area contributed by atoms with Crippen molar-refractivity contribution < 1.29 is 4.79 Å². The summed E-state index contributed by atoms with van der Waals surface area (Å²) in [5.74, 6) is 1.60. The number of nitrogen functional groups attached to an aromatic ring is 1. The number of anilines is 2. The van der Waals surface area contributed by atoms with Gasteiger partial charge in [0.15, 0.2) is 0 Å². The van der Waals surface area contributed by atoms with Gasteiger partial charge in [0, 0.05) is 23.1 Å². The number of nitrogens with two attached hydrogens (primary N) is 1. The van der Waals surface area contributed by atoms with E-state index in [1.54, 1.807) is 6.20 Å². The maximum absolute atomic E-state index is 12.4. The first kappa shape index (κ1) is 16.5. The van der Waals surface area contributed by atoms with Gasteiger partial charge in [-0.3, -0.25) is 4.79 Å². The molecule has 1 aliphatic carbocycles. The van der Waals surface area contributed by atoms with Crippen LogP contribution in [-0.2, 0) is 4.79 Å². The van der Waals surface area contributed by atoms with Crippen LogP contribution in [-0.4, -0.2) is 15.9 Å². The molecule has 5 nitrogen and oxygen atoms in total. The Kier molecular flexibility index (Phi) is 4.07. The number of fused-ring (bicyclic) bond motifs is 1. The van der Waals surface area contributed by atoms with Gasteiger partial charge in [0.2, 0.25) is 5.91 Å². The molecule has 2 aromatic heterocycles. The van der Waals surface area contributed by atoms with E-state index in [1.165, 1.54) is 0 Å². The molecule has 2 heterocycles. The number of rotatable bonds is 3. The summed E-state index contributed by atoms with van der Waals surface area (Å²) in [5, 5.41) is 4.65. The van der Waals surface area contributed by atoms with Gasteiger partial charge in [0.05, 0.1) is 5.69 Å². The standard InChI is InChI=1S/C21H22N4O/c1-12-5-3-4-6-15(12)18-9-14-10-19(23-11-17(14)20(22)24-18)25-21(26)16-8-7-13(16)2/h3-6,9-11,13,16H,7-8H2,1-2H3,(H2,22,24)(H,23,25,26)/t13-,16-/m1/s1. The van der Waals surface area contributed by atoms with Crippen LogP contribution < -0.4 is 11.1 Å². The molecular formula is C21H22N4O. The van der Waals surface area contributed by atoms with E-state index in [4.69, 9.17) is 5.73 Å². The van der Waals surface area contributed by atoms with Gasteiger partial charge in [-0.1, -0.05) is 31.2 Å². The molecule has 0 radical (unpaired) electrons. The second-order valence-electron chi connectivity index (χ2n) is 7.15. The SMILES string of the molecule is Cc1ccccc1-c1cc2cc(NC(=O)[C@@H]3CC[C@H]3C)ncc2c(N)n1. The van der Waals surface area contributed by atoms with Crippen LogP contribution in [0.5, 0.6) is 0 Å².